The Morgan fingerprint density at radius 3 is 2.74 bits per heavy atom. The van der Waals surface area contributed by atoms with E-state index in [1.54, 1.807) is 10.8 Å². The lowest BCUT2D eigenvalue weighted by Gasteiger charge is -2.34. The molecule has 0 atom stereocenters. The Hall–Kier alpha value is -2.93. The number of fused-ring (bicyclic) bond motifs is 1. The maximum absolute atomic E-state index is 12.4. The topological polar surface area (TPSA) is 74.2 Å². The average molecular weight is 365 g/mol. The van der Waals surface area contributed by atoms with Crippen LogP contribution in [0.4, 0.5) is 0 Å². The van der Waals surface area contributed by atoms with E-state index in [0.29, 0.717) is 12.1 Å². The fraction of sp³-hybridized carbons (Fsp3) is 0.350. The Morgan fingerprint density at radius 1 is 1.15 bits per heavy atom. The van der Waals surface area contributed by atoms with E-state index >= 15 is 0 Å². The summed E-state index contributed by atoms with van der Waals surface area (Å²) in [5.74, 6) is 0.226. The van der Waals surface area contributed by atoms with Gasteiger partial charge in [0.15, 0.2) is 5.65 Å². The van der Waals surface area contributed by atoms with Crippen LogP contribution in [0.1, 0.15) is 18.9 Å². The van der Waals surface area contributed by atoms with Crippen molar-refractivity contribution in [3.63, 3.8) is 0 Å². The Bertz CT molecular complexity index is 1010. The average Bonchev–Trinajstić information content (AvgIpc) is 3.04. The lowest BCUT2D eigenvalue weighted by atomic mass is 10.1. The molecule has 0 radical (unpaired) electrons. The minimum absolute atomic E-state index is 0.187. The van der Waals surface area contributed by atoms with Crippen molar-refractivity contribution in [3.05, 3.63) is 58.6 Å². The SMILES string of the molecule is CCC(=O)N1CCN(Cc2cccc(-n3c(=O)[nH]c4ncccc43)c2)CC1. The standard InChI is InChI=1S/C20H23N5O2/c1-2-18(26)24-11-9-23(10-12-24)14-15-5-3-6-16(13-15)25-17-7-4-8-21-19(17)22-20(25)27/h3-8,13H,2,9-12,14H2,1H3,(H,21,22,27). The molecule has 3 heterocycles. The molecule has 2 aromatic heterocycles. The van der Waals surface area contributed by atoms with Crippen molar-refractivity contribution < 1.29 is 4.79 Å². The lowest BCUT2D eigenvalue weighted by Crippen LogP contribution is -2.48. The zero-order valence-electron chi connectivity index (χ0n) is 15.4. The van der Waals surface area contributed by atoms with Crippen LogP contribution >= 0.6 is 0 Å². The molecular formula is C20H23N5O2. The number of pyridine rings is 1. The number of nitrogens with one attached hydrogen (secondary N) is 1. The largest absolute Gasteiger partial charge is 0.340 e. The number of hydrogen-bond donors (Lipinski definition) is 1. The molecule has 140 valence electrons. The molecule has 0 aliphatic carbocycles. The Kier molecular flexibility index (Phi) is 4.77. The van der Waals surface area contributed by atoms with Gasteiger partial charge >= 0.3 is 5.69 Å². The number of carbonyl (C=O) groups is 1. The maximum Gasteiger partial charge on any atom is 0.332 e. The second kappa shape index (κ2) is 7.36. The van der Waals surface area contributed by atoms with Crippen molar-refractivity contribution in [1.29, 1.82) is 0 Å². The normalized spacial score (nSPS) is 15.4. The summed E-state index contributed by atoms with van der Waals surface area (Å²) < 4.78 is 1.66. The van der Waals surface area contributed by atoms with Gasteiger partial charge in [0.25, 0.3) is 0 Å². The van der Waals surface area contributed by atoms with Gasteiger partial charge in [-0.25, -0.2) is 9.78 Å². The number of imidazole rings is 1. The van der Waals surface area contributed by atoms with Gasteiger partial charge in [-0.15, -0.1) is 0 Å². The monoisotopic (exact) mass is 365 g/mol. The van der Waals surface area contributed by atoms with Gasteiger partial charge in [-0.3, -0.25) is 19.2 Å². The number of nitrogens with zero attached hydrogens (tertiary/aromatic N) is 4. The van der Waals surface area contributed by atoms with Crippen LogP contribution in [0.2, 0.25) is 0 Å². The molecule has 1 aromatic carbocycles. The number of amides is 1. The molecule has 1 N–H and O–H groups in total. The van der Waals surface area contributed by atoms with Crippen molar-refractivity contribution in [2.24, 2.45) is 0 Å². The van der Waals surface area contributed by atoms with Crippen LogP contribution in [0.3, 0.4) is 0 Å². The van der Waals surface area contributed by atoms with Gasteiger partial charge in [0, 0.05) is 45.3 Å². The zero-order valence-corrected chi connectivity index (χ0v) is 15.4. The number of aromatic nitrogens is 3. The van der Waals surface area contributed by atoms with Crippen LogP contribution in [-0.2, 0) is 11.3 Å². The van der Waals surface area contributed by atoms with Crippen molar-refractivity contribution in [2.75, 3.05) is 26.2 Å². The number of rotatable bonds is 4. The Balaban J connectivity index is 1.53. The van der Waals surface area contributed by atoms with E-state index in [1.807, 2.05) is 42.2 Å². The van der Waals surface area contributed by atoms with E-state index in [0.717, 1.165) is 49.5 Å². The van der Waals surface area contributed by atoms with E-state index < -0.39 is 0 Å². The van der Waals surface area contributed by atoms with E-state index in [-0.39, 0.29) is 11.6 Å². The van der Waals surface area contributed by atoms with Gasteiger partial charge in [-0.2, -0.15) is 0 Å². The number of hydrogen-bond acceptors (Lipinski definition) is 4. The molecule has 1 aliphatic rings. The molecule has 27 heavy (non-hydrogen) atoms. The molecule has 1 saturated heterocycles. The van der Waals surface area contributed by atoms with Gasteiger partial charge in [0.05, 0.1) is 11.2 Å². The van der Waals surface area contributed by atoms with Crippen LogP contribution in [-0.4, -0.2) is 56.4 Å². The van der Waals surface area contributed by atoms with Gasteiger partial charge in [-0.05, 0) is 29.8 Å². The highest BCUT2D eigenvalue weighted by Crippen LogP contribution is 2.17. The second-order valence-corrected chi connectivity index (χ2v) is 6.82. The maximum atomic E-state index is 12.4. The van der Waals surface area contributed by atoms with Crippen LogP contribution < -0.4 is 5.69 Å². The summed E-state index contributed by atoms with van der Waals surface area (Å²) in [4.78, 5) is 35.5. The molecule has 1 aliphatic heterocycles. The predicted octanol–water partition coefficient (Wildman–Crippen LogP) is 1.77. The third-order valence-corrected chi connectivity index (χ3v) is 5.06. The van der Waals surface area contributed by atoms with E-state index in [2.05, 4.69) is 20.9 Å². The van der Waals surface area contributed by atoms with Crippen LogP contribution in [0.5, 0.6) is 0 Å². The number of piperazine rings is 1. The van der Waals surface area contributed by atoms with Crippen LogP contribution in [0.15, 0.2) is 47.4 Å². The fourth-order valence-electron chi connectivity index (χ4n) is 3.63. The van der Waals surface area contributed by atoms with Crippen molar-refractivity contribution in [2.45, 2.75) is 19.9 Å². The summed E-state index contributed by atoms with van der Waals surface area (Å²) in [6.07, 6.45) is 2.23. The summed E-state index contributed by atoms with van der Waals surface area (Å²) in [6, 6.07) is 11.7. The fourth-order valence-corrected chi connectivity index (χ4v) is 3.63. The number of H-pyrrole nitrogens is 1. The van der Waals surface area contributed by atoms with Crippen molar-refractivity contribution in [1.82, 2.24) is 24.3 Å². The molecule has 0 spiro atoms. The number of carbonyl (C=O) groups excluding carboxylic acids is 1. The molecule has 3 aromatic rings. The molecule has 0 bridgehead atoms. The van der Waals surface area contributed by atoms with Gasteiger partial charge in [-0.1, -0.05) is 19.1 Å². The molecular weight excluding hydrogens is 342 g/mol. The first-order chi connectivity index (χ1) is 13.2. The third kappa shape index (κ3) is 3.50. The number of benzene rings is 1. The van der Waals surface area contributed by atoms with E-state index in [9.17, 15) is 9.59 Å². The van der Waals surface area contributed by atoms with Gasteiger partial charge < -0.3 is 4.90 Å². The highest BCUT2D eigenvalue weighted by Gasteiger charge is 2.20. The molecule has 1 fully saturated rings. The quantitative estimate of drug-likeness (QED) is 0.765. The molecule has 0 saturated carbocycles. The van der Waals surface area contributed by atoms with Gasteiger partial charge in [0.2, 0.25) is 5.91 Å². The molecule has 4 rings (SSSR count). The summed E-state index contributed by atoms with van der Waals surface area (Å²) in [6.45, 7) is 6.00. The molecule has 7 heteroatoms. The van der Waals surface area contributed by atoms with Crippen LogP contribution in [0.25, 0.3) is 16.9 Å². The Morgan fingerprint density at radius 2 is 1.96 bits per heavy atom. The van der Waals surface area contributed by atoms with Crippen molar-refractivity contribution in [3.8, 4) is 5.69 Å². The summed E-state index contributed by atoms with van der Waals surface area (Å²) in [5, 5.41) is 0. The third-order valence-electron chi connectivity index (χ3n) is 5.06. The predicted molar refractivity (Wildman–Crippen MR) is 104 cm³/mol. The summed E-state index contributed by atoms with van der Waals surface area (Å²) >= 11 is 0. The first kappa shape index (κ1) is 17.5. The highest BCUT2D eigenvalue weighted by molar-refractivity contribution is 5.76. The zero-order chi connectivity index (χ0) is 18.8. The first-order valence-electron chi connectivity index (χ1n) is 9.31. The molecule has 0 unspecified atom stereocenters. The molecule has 7 nitrogen and oxygen atoms in total. The second-order valence-electron chi connectivity index (χ2n) is 6.82. The Labute approximate surface area is 157 Å². The van der Waals surface area contributed by atoms with Crippen molar-refractivity contribution >= 4 is 17.1 Å². The van der Waals surface area contributed by atoms with E-state index in [1.165, 1.54) is 0 Å². The van der Waals surface area contributed by atoms with Gasteiger partial charge in [0.1, 0.15) is 0 Å². The highest BCUT2D eigenvalue weighted by atomic mass is 16.2. The van der Waals surface area contributed by atoms with E-state index in [4.69, 9.17) is 0 Å². The smallest absolute Gasteiger partial charge is 0.332 e. The van der Waals surface area contributed by atoms with Crippen LogP contribution in [0, 0.1) is 0 Å². The molecule has 1 amide bonds. The number of aromatic amines is 1. The summed E-state index contributed by atoms with van der Waals surface area (Å²) in [5.41, 5.74) is 3.15. The lowest BCUT2D eigenvalue weighted by molar-refractivity contribution is -0.132. The summed E-state index contributed by atoms with van der Waals surface area (Å²) in [7, 11) is 0. The minimum atomic E-state index is -0.187. The minimum Gasteiger partial charge on any atom is -0.340 e. The first-order valence-corrected chi connectivity index (χ1v) is 9.31.